The van der Waals surface area contributed by atoms with E-state index in [0.717, 1.165) is 4.57 Å². The Morgan fingerprint density at radius 1 is 1.60 bits per heavy atom. The number of hydrogen-bond acceptors (Lipinski definition) is 6. The van der Waals surface area contributed by atoms with Gasteiger partial charge in [-0.05, 0) is 22.6 Å². The molecule has 1 aliphatic rings. The molecule has 1 fully saturated rings. The van der Waals surface area contributed by atoms with Gasteiger partial charge in [0.15, 0.2) is 11.8 Å². The molecule has 1 saturated heterocycles. The molecule has 9 heteroatoms. The summed E-state index contributed by atoms with van der Waals surface area (Å²) in [7, 11) is 0. The molecule has 0 aromatic carbocycles. The monoisotopic (exact) mass is 394 g/mol. The van der Waals surface area contributed by atoms with Crippen LogP contribution in [-0.2, 0) is 4.74 Å². The summed E-state index contributed by atoms with van der Waals surface area (Å²) in [6.07, 6.45) is 2.14. The molecule has 0 radical (unpaired) electrons. The second-order valence-electron chi connectivity index (χ2n) is 4.26. The number of nitrogens with zero attached hydrogens (tertiary/aromatic N) is 1. The lowest BCUT2D eigenvalue weighted by Gasteiger charge is -2.24. The highest BCUT2D eigenvalue weighted by molar-refractivity contribution is 14.1. The minimum atomic E-state index is -2.12. The summed E-state index contributed by atoms with van der Waals surface area (Å²) in [5, 5.41) is 29.3. The van der Waals surface area contributed by atoms with Gasteiger partial charge in [0.1, 0.15) is 12.2 Å². The predicted molar refractivity (Wildman–Crippen MR) is 74.8 cm³/mol. The molecule has 0 unspecified atom stereocenters. The molecule has 2 heterocycles. The summed E-state index contributed by atoms with van der Waals surface area (Å²) in [4.78, 5) is 25.1. The van der Waals surface area contributed by atoms with Gasteiger partial charge in [-0.1, -0.05) is 5.92 Å². The predicted octanol–water partition coefficient (Wildman–Crippen LogP) is -2.24. The summed E-state index contributed by atoms with van der Waals surface area (Å²) < 4.78 is 6.33. The highest BCUT2D eigenvalue weighted by Crippen LogP contribution is 2.35. The smallest absolute Gasteiger partial charge is 0.330 e. The molecule has 0 aliphatic carbocycles. The average molecular weight is 394 g/mol. The first kappa shape index (κ1) is 15.2. The quantitative estimate of drug-likeness (QED) is 0.332. The Balaban J connectivity index is 2.51. The van der Waals surface area contributed by atoms with Crippen LogP contribution in [0.3, 0.4) is 0 Å². The zero-order chi connectivity index (χ0) is 15.1. The van der Waals surface area contributed by atoms with Crippen LogP contribution in [0.15, 0.2) is 15.8 Å². The summed E-state index contributed by atoms with van der Waals surface area (Å²) in [5.74, 6) is 1.97. The van der Waals surface area contributed by atoms with Crippen LogP contribution in [0.4, 0.5) is 0 Å². The van der Waals surface area contributed by atoms with Crippen molar-refractivity contribution in [1.82, 2.24) is 9.55 Å². The summed E-state index contributed by atoms with van der Waals surface area (Å²) >= 11 is 1.70. The largest absolute Gasteiger partial charge is 0.394 e. The first-order valence-corrected chi connectivity index (χ1v) is 6.58. The first-order valence-electron chi connectivity index (χ1n) is 5.50. The number of aliphatic hydroxyl groups excluding tert-OH is 2. The van der Waals surface area contributed by atoms with Gasteiger partial charge in [-0.25, -0.2) is 4.79 Å². The lowest BCUT2D eigenvalue weighted by Crippen LogP contribution is -2.48. The van der Waals surface area contributed by atoms with Crippen molar-refractivity contribution in [2.75, 3.05) is 6.61 Å². The van der Waals surface area contributed by atoms with Crippen molar-refractivity contribution in [3.05, 3.63) is 30.6 Å². The number of halogens is 1. The van der Waals surface area contributed by atoms with Crippen molar-refractivity contribution in [1.29, 1.82) is 0 Å². The Kier molecular flexibility index (Phi) is 4.03. The van der Waals surface area contributed by atoms with E-state index in [1.165, 1.54) is 6.20 Å². The Bertz CT molecular complexity index is 677. The van der Waals surface area contributed by atoms with Crippen LogP contribution < -0.4 is 11.2 Å². The van der Waals surface area contributed by atoms with Gasteiger partial charge < -0.3 is 20.1 Å². The second-order valence-corrected chi connectivity index (χ2v) is 5.42. The van der Waals surface area contributed by atoms with Crippen LogP contribution in [0, 0.1) is 15.9 Å². The van der Waals surface area contributed by atoms with E-state index in [4.69, 9.17) is 16.3 Å². The Morgan fingerprint density at radius 3 is 2.75 bits per heavy atom. The van der Waals surface area contributed by atoms with E-state index in [2.05, 4.69) is 0 Å². The molecule has 1 aromatic heterocycles. The third-order valence-corrected chi connectivity index (χ3v) is 3.88. The van der Waals surface area contributed by atoms with E-state index in [1.54, 1.807) is 22.6 Å². The average Bonchev–Trinajstić information content (AvgIpc) is 2.67. The molecule has 0 bridgehead atoms. The van der Waals surface area contributed by atoms with E-state index >= 15 is 0 Å². The lowest BCUT2D eigenvalue weighted by atomic mass is 9.93. The minimum absolute atomic E-state index is 0.190. The Labute approximate surface area is 126 Å². The fraction of sp³-hybridized carbons (Fsp3) is 0.455. The van der Waals surface area contributed by atoms with Gasteiger partial charge in [0.25, 0.3) is 5.56 Å². The van der Waals surface area contributed by atoms with Crippen molar-refractivity contribution in [2.45, 2.75) is 24.0 Å². The zero-order valence-electron chi connectivity index (χ0n) is 9.99. The van der Waals surface area contributed by atoms with Gasteiger partial charge >= 0.3 is 5.69 Å². The van der Waals surface area contributed by atoms with E-state index in [-0.39, 0.29) is 3.57 Å². The fourth-order valence-corrected chi connectivity index (χ4v) is 2.42. The maximum atomic E-state index is 11.7. The number of ether oxygens (including phenoxy) is 1. The molecule has 0 amide bonds. The third-order valence-electron chi connectivity index (χ3n) is 3.11. The summed E-state index contributed by atoms with van der Waals surface area (Å²) in [6, 6.07) is 0. The molecule has 0 saturated carbocycles. The molecule has 8 nitrogen and oxygen atoms in total. The van der Waals surface area contributed by atoms with Crippen LogP contribution in [-0.4, -0.2) is 49.3 Å². The Hall–Kier alpha value is -1.19. The molecule has 1 aromatic rings. The number of aromatic nitrogens is 2. The Morgan fingerprint density at radius 2 is 2.25 bits per heavy atom. The summed E-state index contributed by atoms with van der Waals surface area (Å²) in [5.41, 5.74) is -3.52. The molecule has 4 atom stereocenters. The van der Waals surface area contributed by atoms with Crippen LogP contribution in [0.25, 0.3) is 0 Å². The lowest BCUT2D eigenvalue weighted by molar-refractivity contribution is -0.0625. The molecule has 4 N–H and O–H groups in total. The van der Waals surface area contributed by atoms with E-state index in [1.807, 2.05) is 10.9 Å². The van der Waals surface area contributed by atoms with Crippen LogP contribution in [0.5, 0.6) is 0 Å². The maximum Gasteiger partial charge on any atom is 0.330 e. The number of terminal acetylenes is 1. The molecule has 20 heavy (non-hydrogen) atoms. The second kappa shape index (κ2) is 5.30. The van der Waals surface area contributed by atoms with Gasteiger partial charge in [-0.15, -0.1) is 6.42 Å². The van der Waals surface area contributed by atoms with Crippen molar-refractivity contribution in [3.63, 3.8) is 0 Å². The van der Waals surface area contributed by atoms with Crippen molar-refractivity contribution >= 4 is 22.6 Å². The number of aliphatic hydroxyl groups is 3. The molecule has 108 valence electrons. The number of rotatable bonds is 2. The number of aromatic amines is 1. The molecule has 2 rings (SSSR count). The van der Waals surface area contributed by atoms with Crippen molar-refractivity contribution < 1.29 is 20.1 Å². The van der Waals surface area contributed by atoms with Crippen molar-refractivity contribution in [3.8, 4) is 12.3 Å². The van der Waals surface area contributed by atoms with E-state index in [9.17, 15) is 19.8 Å². The van der Waals surface area contributed by atoms with E-state index < -0.39 is 41.9 Å². The number of nitrogens with one attached hydrogen (secondary N) is 1. The molecule has 1 aliphatic heterocycles. The van der Waals surface area contributed by atoms with Crippen LogP contribution in [0.1, 0.15) is 6.23 Å². The van der Waals surface area contributed by atoms with Crippen molar-refractivity contribution in [2.24, 2.45) is 0 Å². The SMILES string of the molecule is C#C[C@@]1(O)[C@@H](CO)O[C@@H](n2cc(I)c(=O)[nH]c2=O)[C@@H]1O. The fourth-order valence-electron chi connectivity index (χ4n) is 1.98. The number of hydrogen-bond donors (Lipinski definition) is 4. The summed E-state index contributed by atoms with van der Waals surface area (Å²) in [6.45, 7) is -0.635. The van der Waals surface area contributed by atoms with Crippen LogP contribution in [0.2, 0.25) is 0 Å². The molecular weight excluding hydrogens is 383 g/mol. The third kappa shape index (κ3) is 2.19. The van der Waals surface area contributed by atoms with Gasteiger partial charge in [0.2, 0.25) is 0 Å². The number of H-pyrrole nitrogens is 1. The first-order chi connectivity index (χ1) is 9.35. The van der Waals surface area contributed by atoms with Gasteiger partial charge in [0, 0.05) is 6.20 Å². The van der Waals surface area contributed by atoms with Gasteiger partial charge in [-0.3, -0.25) is 14.3 Å². The maximum absolute atomic E-state index is 11.7. The molecule has 0 spiro atoms. The van der Waals surface area contributed by atoms with Gasteiger partial charge in [0.05, 0.1) is 10.2 Å². The highest BCUT2D eigenvalue weighted by Gasteiger charge is 2.55. The highest BCUT2D eigenvalue weighted by atomic mass is 127. The normalized spacial score (nSPS) is 33.0. The zero-order valence-corrected chi connectivity index (χ0v) is 12.1. The molecular formula is C11H11IN2O6. The minimum Gasteiger partial charge on any atom is -0.394 e. The standard InChI is InChI=1S/C11H11IN2O6/c1-2-11(19)6(4-15)20-9(7(11)16)14-3-5(12)8(17)13-10(14)18/h1,3,6-7,9,15-16,19H,4H2,(H,13,17,18)/t6-,7+,9-,11-/m1/s1. The topological polar surface area (TPSA) is 125 Å². The van der Waals surface area contributed by atoms with Crippen LogP contribution >= 0.6 is 22.6 Å². The van der Waals surface area contributed by atoms with Gasteiger partial charge in [-0.2, -0.15) is 0 Å². The van der Waals surface area contributed by atoms with E-state index in [0.29, 0.717) is 0 Å².